The zero-order valence-corrected chi connectivity index (χ0v) is 10.4. The fourth-order valence-corrected chi connectivity index (χ4v) is 1.42. The van der Waals surface area contributed by atoms with E-state index in [1.165, 1.54) is 0 Å². The Hall–Kier alpha value is -1.36. The van der Waals surface area contributed by atoms with Crippen LogP contribution < -0.4 is 10.6 Å². The molecule has 0 saturated heterocycles. The summed E-state index contributed by atoms with van der Waals surface area (Å²) in [6.45, 7) is 6.58. The van der Waals surface area contributed by atoms with Gasteiger partial charge in [-0.3, -0.25) is 0 Å². The molecule has 1 aromatic heterocycles. The zero-order chi connectivity index (χ0) is 12.3. The van der Waals surface area contributed by atoms with Crippen LogP contribution in [0.5, 0.6) is 0 Å². The second-order valence-electron chi connectivity index (χ2n) is 4.22. The summed E-state index contributed by atoms with van der Waals surface area (Å²) < 4.78 is 0. The summed E-state index contributed by atoms with van der Waals surface area (Å²) >= 11 is 0. The van der Waals surface area contributed by atoms with E-state index < -0.39 is 0 Å². The predicted molar refractivity (Wildman–Crippen MR) is 65.6 cm³/mol. The van der Waals surface area contributed by atoms with E-state index in [9.17, 15) is 0 Å². The standard InChI is InChI=1S/C11H20N4O/c1-7(2)10-13-9(12)8(3)11(14-10)15(4)5-6-16/h7,16H,5-6H2,1-4H3,(H2,12,13,14). The lowest BCUT2D eigenvalue weighted by molar-refractivity contribution is 0.303. The molecule has 1 rings (SSSR count). The van der Waals surface area contributed by atoms with Crippen molar-refractivity contribution < 1.29 is 5.11 Å². The highest BCUT2D eigenvalue weighted by molar-refractivity contribution is 5.56. The third kappa shape index (κ3) is 2.61. The van der Waals surface area contributed by atoms with Gasteiger partial charge in [-0.25, -0.2) is 9.97 Å². The topological polar surface area (TPSA) is 75.3 Å². The van der Waals surface area contributed by atoms with E-state index in [2.05, 4.69) is 9.97 Å². The van der Waals surface area contributed by atoms with Crippen LogP contribution >= 0.6 is 0 Å². The predicted octanol–water partition coefficient (Wildman–Crippen LogP) is 0.919. The van der Waals surface area contributed by atoms with Crippen molar-refractivity contribution in [1.82, 2.24) is 9.97 Å². The summed E-state index contributed by atoms with van der Waals surface area (Å²) in [6.07, 6.45) is 0. The van der Waals surface area contributed by atoms with Crippen molar-refractivity contribution in [2.45, 2.75) is 26.7 Å². The number of hydrogen-bond acceptors (Lipinski definition) is 5. The molecule has 0 aromatic carbocycles. The molecule has 0 aliphatic heterocycles. The maximum absolute atomic E-state index is 8.92. The van der Waals surface area contributed by atoms with Crippen molar-refractivity contribution in [3.05, 3.63) is 11.4 Å². The lowest BCUT2D eigenvalue weighted by Gasteiger charge is -2.21. The highest BCUT2D eigenvalue weighted by atomic mass is 16.3. The van der Waals surface area contributed by atoms with Crippen molar-refractivity contribution in [1.29, 1.82) is 0 Å². The number of aliphatic hydroxyl groups is 1. The number of nitrogens with two attached hydrogens (primary N) is 1. The monoisotopic (exact) mass is 224 g/mol. The van der Waals surface area contributed by atoms with Gasteiger partial charge in [0.05, 0.1) is 6.61 Å². The molecule has 0 atom stereocenters. The van der Waals surface area contributed by atoms with E-state index in [0.29, 0.717) is 12.4 Å². The number of nitrogens with zero attached hydrogens (tertiary/aromatic N) is 3. The van der Waals surface area contributed by atoms with E-state index in [0.717, 1.165) is 17.2 Å². The van der Waals surface area contributed by atoms with Crippen LogP contribution in [-0.2, 0) is 0 Å². The smallest absolute Gasteiger partial charge is 0.137 e. The Morgan fingerprint density at radius 3 is 2.50 bits per heavy atom. The molecule has 0 bridgehead atoms. The molecule has 0 aliphatic rings. The van der Waals surface area contributed by atoms with Crippen molar-refractivity contribution >= 4 is 11.6 Å². The number of aliphatic hydroxyl groups excluding tert-OH is 1. The van der Waals surface area contributed by atoms with Gasteiger partial charge >= 0.3 is 0 Å². The Labute approximate surface area is 96.3 Å². The average molecular weight is 224 g/mol. The van der Waals surface area contributed by atoms with Gasteiger partial charge in [0.1, 0.15) is 17.5 Å². The first-order valence-electron chi connectivity index (χ1n) is 5.43. The molecular weight excluding hydrogens is 204 g/mol. The Balaban J connectivity index is 3.16. The highest BCUT2D eigenvalue weighted by Crippen LogP contribution is 2.23. The van der Waals surface area contributed by atoms with E-state index in [1.807, 2.05) is 32.7 Å². The normalized spacial score (nSPS) is 10.9. The van der Waals surface area contributed by atoms with Gasteiger partial charge in [0, 0.05) is 25.1 Å². The summed E-state index contributed by atoms with van der Waals surface area (Å²) in [6, 6.07) is 0. The molecule has 1 aromatic rings. The van der Waals surface area contributed by atoms with Gasteiger partial charge in [0.25, 0.3) is 0 Å². The fourth-order valence-electron chi connectivity index (χ4n) is 1.42. The Kier molecular flexibility index (Phi) is 4.06. The Morgan fingerprint density at radius 2 is 2.00 bits per heavy atom. The Bertz CT molecular complexity index is 365. The van der Waals surface area contributed by atoms with Crippen LogP contribution in [-0.4, -0.2) is 35.3 Å². The molecule has 90 valence electrons. The van der Waals surface area contributed by atoms with Gasteiger partial charge in [-0.2, -0.15) is 0 Å². The van der Waals surface area contributed by atoms with Crippen molar-refractivity contribution in [2.24, 2.45) is 0 Å². The van der Waals surface area contributed by atoms with E-state index in [-0.39, 0.29) is 12.5 Å². The Morgan fingerprint density at radius 1 is 1.38 bits per heavy atom. The van der Waals surface area contributed by atoms with Gasteiger partial charge in [0.2, 0.25) is 0 Å². The van der Waals surface area contributed by atoms with Gasteiger partial charge in [-0.1, -0.05) is 13.8 Å². The minimum atomic E-state index is 0.0941. The van der Waals surface area contributed by atoms with Gasteiger partial charge in [-0.15, -0.1) is 0 Å². The van der Waals surface area contributed by atoms with E-state index in [1.54, 1.807) is 0 Å². The van der Waals surface area contributed by atoms with Crippen LogP contribution in [0.1, 0.15) is 31.2 Å². The molecule has 0 fully saturated rings. The van der Waals surface area contributed by atoms with Crippen LogP contribution in [0.2, 0.25) is 0 Å². The van der Waals surface area contributed by atoms with Gasteiger partial charge < -0.3 is 15.7 Å². The van der Waals surface area contributed by atoms with Crippen molar-refractivity contribution in [2.75, 3.05) is 30.8 Å². The number of hydrogen-bond donors (Lipinski definition) is 2. The number of aromatic nitrogens is 2. The SMILES string of the molecule is Cc1c(N)nc(C(C)C)nc1N(C)CCO. The zero-order valence-electron chi connectivity index (χ0n) is 10.4. The maximum Gasteiger partial charge on any atom is 0.137 e. The molecule has 0 radical (unpaired) electrons. The summed E-state index contributed by atoms with van der Waals surface area (Å²) in [7, 11) is 1.88. The molecule has 3 N–H and O–H groups in total. The average Bonchev–Trinajstić information content (AvgIpc) is 2.21. The molecule has 5 nitrogen and oxygen atoms in total. The van der Waals surface area contributed by atoms with Crippen LogP contribution in [0.3, 0.4) is 0 Å². The first kappa shape index (κ1) is 12.7. The summed E-state index contributed by atoms with van der Waals surface area (Å²) in [5, 5.41) is 8.92. The number of likely N-dealkylation sites (N-methyl/N-ethyl adjacent to an activating group) is 1. The maximum atomic E-state index is 8.92. The minimum absolute atomic E-state index is 0.0941. The lowest BCUT2D eigenvalue weighted by Crippen LogP contribution is -2.24. The van der Waals surface area contributed by atoms with E-state index in [4.69, 9.17) is 10.8 Å². The second kappa shape index (κ2) is 5.12. The summed E-state index contributed by atoms with van der Waals surface area (Å²) in [4.78, 5) is 10.6. The minimum Gasteiger partial charge on any atom is -0.395 e. The molecule has 1 heterocycles. The molecule has 0 aliphatic carbocycles. The van der Waals surface area contributed by atoms with Gasteiger partial charge in [0.15, 0.2) is 0 Å². The number of rotatable bonds is 4. The van der Waals surface area contributed by atoms with Crippen molar-refractivity contribution in [3.8, 4) is 0 Å². The lowest BCUT2D eigenvalue weighted by atomic mass is 10.2. The first-order chi connectivity index (χ1) is 7.47. The second-order valence-corrected chi connectivity index (χ2v) is 4.22. The highest BCUT2D eigenvalue weighted by Gasteiger charge is 2.13. The quantitative estimate of drug-likeness (QED) is 0.795. The first-order valence-corrected chi connectivity index (χ1v) is 5.43. The van der Waals surface area contributed by atoms with Crippen LogP contribution in [0.4, 0.5) is 11.6 Å². The molecule has 0 amide bonds. The molecular formula is C11H20N4O. The fraction of sp³-hybridized carbons (Fsp3) is 0.636. The third-order valence-electron chi connectivity index (χ3n) is 2.49. The molecule has 16 heavy (non-hydrogen) atoms. The number of anilines is 2. The largest absolute Gasteiger partial charge is 0.395 e. The molecule has 0 spiro atoms. The summed E-state index contributed by atoms with van der Waals surface area (Å²) in [5.74, 6) is 2.29. The third-order valence-corrected chi connectivity index (χ3v) is 2.49. The van der Waals surface area contributed by atoms with Gasteiger partial charge in [-0.05, 0) is 6.92 Å². The van der Waals surface area contributed by atoms with Crippen LogP contribution in [0.15, 0.2) is 0 Å². The van der Waals surface area contributed by atoms with Crippen molar-refractivity contribution in [3.63, 3.8) is 0 Å². The molecule has 0 saturated carbocycles. The number of nitrogen functional groups attached to an aromatic ring is 1. The van der Waals surface area contributed by atoms with Crippen LogP contribution in [0, 0.1) is 6.92 Å². The summed E-state index contributed by atoms with van der Waals surface area (Å²) in [5.41, 5.74) is 6.71. The molecule has 0 unspecified atom stereocenters. The van der Waals surface area contributed by atoms with E-state index >= 15 is 0 Å². The molecule has 5 heteroatoms. The van der Waals surface area contributed by atoms with Crippen LogP contribution in [0.25, 0.3) is 0 Å².